The monoisotopic (exact) mass is 221 g/mol. The van der Waals surface area contributed by atoms with Crippen molar-refractivity contribution in [3.05, 3.63) is 0 Å². The molecule has 0 amide bonds. The van der Waals surface area contributed by atoms with Gasteiger partial charge in [-0.1, -0.05) is 39.0 Å². The van der Waals surface area contributed by atoms with E-state index in [4.69, 9.17) is 0 Å². The Labute approximate surface area is 96.9 Å². The van der Waals surface area contributed by atoms with E-state index in [1.807, 2.05) is 0 Å². The maximum Gasteiger partial charge on any atom is 0.0780 e. The van der Waals surface area contributed by atoms with E-state index in [0.29, 0.717) is 0 Å². The Hall–Kier alpha value is 0.250. The van der Waals surface area contributed by atoms with Crippen LogP contribution in [0, 0.1) is 0 Å². The molecule has 0 aromatic heterocycles. The molecular formula is C12H28ClN. The molecule has 0 N–H and O–H groups in total. The van der Waals surface area contributed by atoms with E-state index in [9.17, 15) is 0 Å². The summed E-state index contributed by atoms with van der Waals surface area (Å²) < 4.78 is 1.12. The summed E-state index contributed by atoms with van der Waals surface area (Å²) in [6.45, 7) is 3.60. The zero-order valence-corrected chi connectivity index (χ0v) is 11.2. The van der Waals surface area contributed by atoms with Gasteiger partial charge in [0.1, 0.15) is 0 Å². The van der Waals surface area contributed by atoms with Crippen LogP contribution in [0.5, 0.6) is 0 Å². The zero-order chi connectivity index (χ0) is 10.2. The highest BCUT2D eigenvalue weighted by molar-refractivity contribution is 4.44. The van der Waals surface area contributed by atoms with Crippen LogP contribution in [0.15, 0.2) is 0 Å². The van der Waals surface area contributed by atoms with Gasteiger partial charge in [0.2, 0.25) is 0 Å². The lowest BCUT2D eigenvalue weighted by Gasteiger charge is -2.23. The first-order valence-corrected chi connectivity index (χ1v) is 5.86. The Morgan fingerprint density at radius 1 is 0.714 bits per heavy atom. The highest BCUT2D eigenvalue weighted by Gasteiger charge is 2.04. The Bertz CT molecular complexity index is 107. The summed E-state index contributed by atoms with van der Waals surface area (Å²) in [5.41, 5.74) is 0. The Morgan fingerprint density at radius 2 is 1.14 bits per heavy atom. The van der Waals surface area contributed by atoms with Gasteiger partial charge in [-0.15, -0.1) is 0 Å². The fourth-order valence-electron chi connectivity index (χ4n) is 1.54. The molecule has 0 spiro atoms. The van der Waals surface area contributed by atoms with E-state index in [0.717, 1.165) is 4.48 Å². The normalized spacial score (nSPS) is 11.1. The van der Waals surface area contributed by atoms with E-state index < -0.39 is 0 Å². The minimum Gasteiger partial charge on any atom is -1.00 e. The lowest BCUT2D eigenvalue weighted by atomic mass is 10.1. The molecular weight excluding hydrogens is 194 g/mol. The summed E-state index contributed by atoms with van der Waals surface area (Å²) in [7, 11) is 6.82. The second-order valence-corrected chi connectivity index (χ2v) is 5.14. The van der Waals surface area contributed by atoms with Crippen molar-refractivity contribution in [3.63, 3.8) is 0 Å². The topological polar surface area (TPSA) is 0 Å². The molecule has 0 aliphatic carbocycles. The van der Waals surface area contributed by atoms with E-state index in [1.165, 1.54) is 51.5 Å². The summed E-state index contributed by atoms with van der Waals surface area (Å²) in [5.74, 6) is 0. The van der Waals surface area contributed by atoms with Gasteiger partial charge in [-0.3, -0.25) is 0 Å². The molecule has 2 heteroatoms. The Balaban J connectivity index is 0. The second-order valence-electron chi connectivity index (χ2n) is 5.14. The molecule has 0 aliphatic rings. The van der Waals surface area contributed by atoms with Crippen molar-refractivity contribution in [2.24, 2.45) is 0 Å². The Morgan fingerprint density at radius 3 is 1.57 bits per heavy atom. The van der Waals surface area contributed by atoms with Crippen LogP contribution in [-0.2, 0) is 0 Å². The zero-order valence-electron chi connectivity index (χ0n) is 10.5. The van der Waals surface area contributed by atoms with Gasteiger partial charge in [0, 0.05) is 0 Å². The number of halogens is 1. The molecule has 0 unspecified atom stereocenters. The summed E-state index contributed by atoms with van der Waals surface area (Å²) >= 11 is 0. The maximum absolute atomic E-state index is 2.27. The first kappa shape index (κ1) is 16.7. The molecule has 0 saturated heterocycles. The van der Waals surface area contributed by atoms with Crippen LogP contribution >= 0.6 is 0 Å². The highest BCUT2D eigenvalue weighted by Crippen LogP contribution is 2.07. The van der Waals surface area contributed by atoms with Crippen LogP contribution in [0.2, 0.25) is 0 Å². The van der Waals surface area contributed by atoms with Crippen molar-refractivity contribution in [2.75, 3.05) is 27.7 Å². The quantitative estimate of drug-likeness (QED) is 0.413. The van der Waals surface area contributed by atoms with Crippen molar-refractivity contribution >= 4 is 0 Å². The van der Waals surface area contributed by atoms with Crippen LogP contribution in [0.4, 0.5) is 0 Å². The van der Waals surface area contributed by atoms with Gasteiger partial charge in [-0.25, -0.2) is 0 Å². The average Bonchev–Trinajstić information content (AvgIpc) is 2.01. The minimum atomic E-state index is 0. The van der Waals surface area contributed by atoms with Crippen molar-refractivity contribution in [1.29, 1.82) is 0 Å². The van der Waals surface area contributed by atoms with Crippen LogP contribution in [-0.4, -0.2) is 32.2 Å². The van der Waals surface area contributed by atoms with Gasteiger partial charge in [0.05, 0.1) is 27.7 Å². The van der Waals surface area contributed by atoms with Crippen LogP contribution < -0.4 is 12.4 Å². The van der Waals surface area contributed by atoms with Crippen LogP contribution in [0.25, 0.3) is 0 Å². The summed E-state index contributed by atoms with van der Waals surface area (Å²) in [5, 5.41) is 0. The Kier molecular flexibility index (Phi) is 11.7. The van der Waals surface area contributed by atoms with E-state index >= 15 is 0 Å². The van der Waals surface area contributed by atoms with E-state index in [1.54, 1.807) is 0 Å². The molecule has 14 heavy (non-hydrogen) atoms. The predicted octanol–water partition coefficient (Wildman–Crippen LogP) is 0.447. The molecule has 0 rings (SSSR count). The fourth-order valence-corrected chi connectivity index (χ4v) is 1.54. The highest BCUT2D eigenvalue weighted by atomic mass is 35.5. The molecule has 0 aliphatic heterocycles. The van der Waals surface area contributed by atoms with Gasteiger partial charge < -0.3 is 16.9 Å². The second kappa shape index (κ2) is 9.79. The number of hydrogen-bond donors (Lipinski definition) is 0. The van der Waals surface area contributed by atoms with Crippen molar-refractivity contribution in [1.82, 2.24) is 0 Å². The van der Waals surface area contributed by atoms with Crippen LogP contribution in [0.3, 0.4) is 0 Å². The van der Waals surface area contributed by atoms with Crippen LogP contribution in [0.1, 0.15) is 51.9 Å². The SMILES string of the molecule is CCCCCCCCC[N+](C)(C)C.[Cl-]. The van der Waals surface area contributed by atoms with Gasteiger partial charge >= 0.3 is 0 Å². The summed E-state index contributed by atoms with van der Waals surface area (Å²) in [4.78, 5) is 0. The third kappa shape index (κ3) is 14.8. The molecule has 1 nitrogen and oxygen atoms in total. The lowest BCUT2D eigenvalue weighted by Crippen LogP contribution is -3.00. The van der Waals surface area contributed by atoms with E-state index in [2.05, 4.69) is 28.1 Å². The maximum atomic E-state index is 2.27. The third-order valence-electron chi connectivity index (χ3n) is 2.43. The average molecular weight is 222 g/mol. The van der Waals surface area contributed by atoms with Gasteiger partial charge in [0.15, 0.2) is 0 Å². The molecule has 0 fully saturated rings. The first-order valence-electron chi connectivity index (χ1n) is 5.86. The number of quaternary nitrogens is 1. The number of rotatable bonds is 8. The largest absolute Gasteiger partial charge is 1.00 e. The molecule has 0 radical (unpaired) electrons. The molecule has 0 heterocycles. The number of nitrogens with zero attached hydrogens (tertiary/aromatic N) is 1. The van der Waals surface area contributed by atoms with E-state index in [-0.39, 0.29) is 12.4 Å². The standard InChI is InChI=1S/C12H28N.ClH/c1-5-6-7-8-9-10-11-12-13(2,3)4;/h5-12H2,1-4H3;1H/q+1;/p-1. The molecule has 0 atom stereocenters. The fraction of sp³-hybridized carbons (Fsp3) is 1.00. The first-order chi connectivity index (χ1) is 6.06. The third-order valence-corrected chi connectivity index (χ3v) is 2.43. The lowest BCUT2D eigenvalue weighted by molar-refractivity contribution is -0.870. The van der Waals surface area contributed by atoms with Crippen molar-refractivity contribution in [2.45, 2.75) is 51.9 Å². The molecule has 0 aromatic carbocycles. The van der Waals surface area contributed by atoms with Gasteiger partial charge in [-0.05, 0) is 12.8 Å². The summed E-state index contributed by atoms with van der Waals surface area (Å²) in [6, 6.07) is 0. The number of hydrogen-bond acceptors (Lipinski definition) is 0. The van der Waals surface area contributed by atoms with Gasteiger partial charge in [-0.2, -0.15) is 0 Å². The smallest absolute Gasteiger partial charge is 0.0780 e. The summed E-state index contributed by atoms with van der Waals surface area (Å²) in [6.07, 6.45) is 9.95. The molecule has 0 aromatic rings. The van der Waals surface area contributed by atoms with Crippen molar-refractivity contribution in [3.8, 4) is 0 Å². The van der Waals surface area contributed by atoms with Crippen molar-refractivity contribution < 1.29 is 16.9 Å². The molecule has 88 valence electrons. The minimum absolute atomic E-state index is 0. The number of unbranched alkanes of at least 4 members (excludes halogenated alkanes) is 6. The molecule has 0 bridgehead atoms. The van der Waals surface area contributed by atoms with Gasteiger partial charge in [0.25, 0.3) is 0 Å². The predicted molar refractivity (Wildman–Crippen MR) is 60.9 cm³/mol. The molecule has 0 saturated carbocycles.